The highest BCUT2D eigenvalue weighted by Crippen LogP contribution is 2.53. The van der Waals surface area contributed by atoms with Gasteiger partial charge in [-0.2, -0.15) is 5.10 Å². The molecule has 0 bridgehead atoms. The number of carbonyl (C=O) groups is 1. The quantitative estimate of drug-likeness (QED) is 0.294. The number of aromatic amines is 1. The van der Waals surface area contributed by atoms with Crippen molar-refractivity contribution in [2.75, 3.05) is 17.6 Å². The summed E-state index contributed by atoms with van der Waals surface area (Å²) in [5.41, 5.74) is 2.93. The zero-order valence-corrected chi connectivity index (χ0v) is 23.5. The monoisotopic (exact) mass is 541 g/mol. The number of amides is 1. The van der Waals surface area contributed by atoms with E-state index in [1.807, 2.05) is 39.1 Å². The van der Waals surface area contributed by atoms with Gasteiger partial charge in [0.1, 0.15) is 7.14 Å². The highest BCUT2D eigenvalue weighted by molar-refractivity contribution is 7.72. The lowest BCUT2D eigenvalue weighted by Gasteiger charge is -2.28. The van der Waals surface area contributed by atoms with E-state index in [0.29, 0.717) is 5.92 Å². The van der Waals surface area contributed by atoms with Crippen LogP contribution >= 0.6 is 18.5 Å². The first-order valence-electron chi connectivity index (χ1n) is 13.2. The summed E-state index contributed by atoms with van der Waals surface area (Å²) < 4.78 is 19.2. The number of aromatic nitrogens is 3. The lowest BCUT2D eigenvalue weighted by Crippen LogP contribution is -2.38. The maximum Gasteiger partial charge on any atom is 0.407 e. The largest absolute Gasteiger partial charge is 0.447 e. The van der Waals surface area contributed by atoms with Crippen molar-refractivity contribution in [3.05, 3.63) is 41.2 Å². The Labute approximate surface area is 222 Å². The van der Waals surface area contributed by atoms with Crippen LogP contribution in [0.15, 0.2) is 30.5 Å². The van der Waals surface area contributed by atoms with Crippen LogP contribution in [0.5, 0.6) is 0 Å². The minimum absolute atomic E-state index is 0.116. The molecule has 2 fully saturated rings. The molecule has 1 aliphatic heterocycles. The Bertz CT molecular complexity index is 1280. The number of H-pyrrole nitrogens is 1. The Morgan fingerprint density at radius 2 is 1.92 bits per heavy atom. The first-order chi connectivity index (χ1) is 17.8. The maximum atomic E-state index is 14.0. The third-order valence-electron chi connectivity index (χ3n) is 7.23. The minimum atomic E-state index is -2.45. The van der Waals surface area contributed by atoms with Crippen LogP contribution in [0.3, 0.4) is 0 Å². The van der Waals surface area contributed by atoms with Crippen LogP contribution in [0.25, 0.3) is 10.4 Å². The Kier molecular flexibility index (Phi) is 7.72. The van der Waals surface area contributed by atoms with E-state index in [-0.39, 0.29) is 18.2 Å². The number of benzene rings is 1. The molecule has 2 aromatic heterocycles. The number of hydrogen-bond acceptors (Lipinski definition) is 7. The smallest absolute Gasteiger partial charge is 0.407 e. The van der Waals surface area contributed by atoms with E-state index < -0.39 is 7.14 Å². The van der Waals surface area contributed by atoms with Crippen molar-refractivity contribution in [3.8, 4) is 10.4 Å². The average Bonchev–Trinajstić information content (AvgIpc) is 3.61. The predicted molar refractivity (Wildman–Crippen MR) is 150 cm³/mol. The number of nitrogens with zero attached hydrogens (tertiary/aromatic N) is 2. The van der Waals surface area contributed by atoms with Gasteiger partial charge in [-0.3, -0.25) is 5.10 Å². The minimum Gasteiger partial charge on any atom is -0.447 e. The van der Waals surface area contributed by atoms with Gasteiger partial charge in [-0.05, 0) is 71.4 Å². The third-order valence-corrected chi connectivity index (χ3v) is 11.8. The fraction of sp³-hybridized carbons (Fsp3) is 0.519. The van der Waals surface area contributed by atoms with Gasteiger partial charge in [0.05, 0.1) is 16.0 Å². The molecular weight excluding hydrogens is 505 g/mol. The van der Waals surface area contributed by atoms with Crippen molar-refractivity contribution >= 4 is 41.4 Å². The Morgan fingerprint density at radius 1 is 1.16 bits per heavy atom. The van der Waals surface area contributed by atoms with E-state index in [1.54, 1.807) is 11.3 Å². The summed E-state index contributed by atoms with van der Waals surface area (Å²) >= 11 is 1.72. The van der Waals surface area contributed by atoms with Gasteiger partial charge in [0.2, 0.25) is 0 Å². The number of aryl methyl sites for hydroxylation is 1. The fourth-order valence-corrected chi connectivity index (χ4v) is 9.76. The standard InChI is InChI=1S/C27H36N5O3PS/c1-17(2)35-27(33)30-20-8-6-19(7-9-20)26-28-16-24(37-26)22-11-10-21(29-25-14-18(3)31-32-25)15-23(22)36(34)12-4-5-13-36/h10-11,14-17,19-20H,4-9,12-13H2,1-3H3,(H,30,33)(H2,29,31,32)/t19-,20-. The van der Waals surface area contributed by atoms with E-state index in [1.165, 1.54) is 0 Å². The van der Waals surface area contributed by atoms with Crippen LogP contribution in [-0.2, 0) is 9.30 Å². The molecule has 1 aromatic carbocycles. The van der Waals surface area contributed by atoms with E-state index in [0.717, 1.165) is 88.8 Å². The number of carbonyl (C=O) groups excluding carboxylic acids is 1. The summed E-state index contributed by atoms with van der Waals surface area (Å²) in [5, 5.41) is 15.7. The second-order valence-corrected chi connectivity index (χ2v) is 14.8. The molecule has 10 heteroatoms. The number of ether oxygens (including phenoxy) is 1. The van der Waals surface area contributed by atoms with Crippen molar-refractivity contribution in [2.24, 2.45) is 0 Å². The van der Waals surface area contributed by atoms with Crippen molar-refractivity contribution in [1.82, 2.24) is 20.5 Å². The molecule has 1 saturated heterocycles. The summed E-state index contributed by atoms with van der Waals surface area (Å²) in [6.07, 6.45) is 8.88. The third kappa shape index (κ3) is 6.10. The highest BCUT2D eigenvalue weighted by atomic mass is 32.1. The second-order valence-electron chi connectivity index (χ2n) is 10.5. The summed E-state index contributed by atoms with van der Waals surface area (Å²) in [4.78, 5) is 17.8. The van der Waals surface area contributed by atoms with Crippen LogP contribution in [0, 0.1) is 6.92 Å². The number of anilines is 2. The molecule has 37 heavy (non-hydrogen) atoms. The Balaban J connectivity index is 1.33. The van der Waals surface area contributed by atoms with Crippen LogP contribution < -0.4 is 15.9 Å². The highest BCUT2D eigenvalue weighted by Gasteiger charge is 2.33. The summed E-state index contributed by atoms with van der Waals surface area (Å²) in [7, 11) is -2.45. The summed E-state index contributed by atoms with van der Waals surface area (Å²) in [6, 6.07) is 8.31. The van der Waals surface area contributed by atoms with Gasteiger partial charge in [0.15, 0.2) is 5.82 Å². The van der Waals surface area contributed by atoms with Gasteiger partial charge in [0, 0.05) is 58.8 Å². The van der Waals surface area contributed by atoms with Gasteiger partial charge in [-0.15, -0.1) is 11.3 Å². The molecule has 1 aliphatic carbocycles. The molecule has 1 saturated carbocycles. The van der Waals surface area contributed by atoms with Gasteiger partial charge in [0.25, 0.3) is 0 Å². The SMILES string of the molecule is Cc1cc(Nc2ccc(-c3cnc([C@H]4CC[C@H](NC(=O)OC(C)C)CC4)s3)c(P3(=O)CCCC3)c2)n[nH]1. The van der Waals surface area contributed by atoms with Crippen molar-refractivity contribution in [1.29, 1.82) is 0 Å². The molecule has 0 unspecified atom stereocenters. The van der Waals surface area contributed by atoms with Crippen LogP contribution in [0.4, 0.5) is 16.3 Å². The Morgan fingerprint density at radius 3 is 2.59 bits per heavy atom. The number of rotatable bonds is 7. The number of hydrogen-bond donors (Lipinski definition) is 3. The maximum absolute atomic E-state index is 14.0. The van der Waals surface area contributed by atoms with E-state index in [9.17, 15) is 9.36 Å². The van der Waals surface area contributed by atoms with Crippen molar-refractivity contribution < 1.29 is 14.1 Å². The molecule has 0 radical (unpaired) electrons. The van der Waals surface area contributed by atoms with Crippen molar-refractivity contribution in [3.63, 3.8) is 0 Å². The molecule has 198 valence electrons. The average molecular weight is 542 g/mol. The topological polar surface area (TPSA) is 109 Å². The first-order valence-corrected chi connectivity index (χ1v) is 16.1. The van der Waals surface area contributed by atoms with Gasteiger partial charge < -0.3 is 19.9 Å². The second kappa shape index (κ2) is 11.0. The molecule has 3 aromatic rings. The molecule has 1 amide bonds. The lowest BCUT2D eigenvalue weighted by atomic mass is 9.86. The number of thiazole rings is 1. The number of nitrogens with one attached hydrogen (secondary N) is 3. The zero-order valence-electron chi connectivity index (χ0n) is 21.8. The van der Waals surface area contributed by atoms with Gasteiger partial charge in [-0.25, -0.2) is 9.78 Å². The molecular formula is C27H36N5O3PS. The zero-order chi connectivity index (χ0) is 26.0. The van der Waals surface area contributed by atoms with Gasteiger partial charge in [-0.1, -0.05) is 6.07 Å². The molecule has 0 spiro atoms. The van der Waals surface area contributed by atoms with Crippen LogP contribution in [0.1, 0.15) is 69.0 Å². The summed E-state index contributed by atoms with van der Waals surface area (Å²) in [6.45, 7) is 5.68. The van der Waals surface area contributed by atoms with Crippen molar-refractivity contribution in [2.45, 2.75) is 77.4 Å². The van der Waals surface area contributed by atoms with E-state index in [4.69, 9.17) is 9.72 Å². The number of alkyl carbamates (subject to hydrolysis) is 1. The Hall–Kier alpha value is -2.64. The first kappa shape index (κ1) is 26.0. The van der Waals surface area contributed by atoms with E-state index >= 15 is 0 Å². The molecule has 8 nitrogen and oxygen atoms in total. The van der Waals surface area contributed by atoms with Crippen LogP contribution in [-0.4, -0.2) is 45.7 Å². The van der Waals surface area contributed by atoms with Gasteiger partial charge >= 0.3 is 6.09 Å². The lowest BCUT2D eigenvalue weighted by molar-refractivity contribution is 0.109. The molecule has 3 N–H and O–H groups in total. The molecule has 3 heterocycles. The fourth-order valence-electron chi connectivity index (χ4n) is 5.37. The molecule has 0 atom stereocenters. The normalized spacial score (nSPS) is 21.2. The van der Waals surface area contributed by atoms with E-state index in [2.05, 4.69) is 33.0 Å². The summed E-state index contributed by atoms with van der Waals surface area (Å²) in [5.74, 6) is 1.14. The molecule has 2 aliphatic rings. The molecule has 5 rings (SSSR count). The predicted octanol–water partition coefficient (Wildman–Crippen LogP) is 6.53. The van der Waals surface area contributed by atoms with Crippen LogP contribution in [0.2, 0.25) is 0 Å².